The minimum atomic E-state index is -0.334. The molecule has 25 nitrogen and oxygen atoms in total. The van der Waals surface area contributed by atoms with E-state index >= 15 is 0 Å². The van der Waals surface area contributed by atoms with Crippen LogP contribution < -0.4 is 28.4 Å². The summed E-state index contributed by atoms with van der Waals surface area (Å²) < 4.78 is 72.7. The van der Waals surface area contributed by atoms with Crippen LogP contribution in [0.15, 0.2) is 54.6 Å². The summed E-state index contributed by atoms with van der Waals surface area (Å²) in [4.78, 5) is 84.0. The fourth-order valence-electron chi connectivity index (χ4n) is 10.3. The van der Waals surface area contributed by atoms with Gasteiger partial charge in [-0.3, -0.25) is 33.6 Å². The molecule has 129 heavy (non-hydrogen) atoms. The number of thiol groups is 1. The van der Waals surface area contributed by atoms with Gasteiger partial charge in [0, 0.05) is 217 Å². The van der Waals surface area contributed by atoms with E-state index in [1.165, 1.54) is 27.7 Å². The molecule has 4 unspecified atom stereocenters. The molecule has 3 aromatic rings. The second-order valence-corrected chi connectivity index (χ2v) is 42.0. The molecule has 4 atom stereocenters. The van der Waals surface area contributed by atoms with Crippen molar-refractivity contribution in [3.8, 4) is 59.2 Å². The second-order valence-electron chi connectivity index (χ2n) is 27.6. The average Bonchev–Trinajstić information content (AvgIpc) is 0.867. The summed E-state index contributed by atoms with van der Waals surface area (Å²) in [6, 6.07) is 15.8. The monoisotopic (exact) mass is 2030 g/mol. The van der Waals surface area contributed by atoms with Crippen LogP contribution in [0.3, 0.4) is 0 Å². The topological polar surface area (TPSA) is 341 Å². The van der Waals surface area contributed by atoms with Crippen molar-refractivity contribution in [1.29, 1.82) is 0 Å². The van der Waals surface area contributed by atoms with Crippen LogP contribution in [0.1, 0.15) is 157 Å². The van der Waals surface area contributed by atoms with Crippen LogP contribution in [0, 0.1) is 24.7 Å². The first kappa shape index (κ1) is 125. The molecule has 736 valence electrons. The molecule has 0 spiro atoms. The van der Waals surface area contributed by atoms with Gasteiger partial charge in [-0.25, -0.2) is 0 Å². The SMILES string of the molecule is C#CCOc1cc(OCC#C)cc(C(=O)CCCSCCCOCCC)c1.CCCOCCCSCCCC(=O)c1cc(OCC(CSCCO)SCCO)cc(OCC(CSCCO)SCCO)c1.CCCOCCCSCCCC(=O)c1cc(OCC(CSCCOC(C)=O)SCCOC(C)=O)cc(OCC(CSCCOC(C)=O)SCCOC(C)=O)c1.OCCS. The summed E-state index contributed by atoms with van der Waals surface area (Å²) in [6.07, 6.45) is 20.3. The summed E-state index contributed by atoms with van der Waals surface area (Å²) in [7, 11) is 0. The highest BCUT2D eigenvalue weighted by atomic mass is 32.2. The van der Waals surface area contributed by atoms with E-state index in [-0.39, 0.29) is 122 Å². The van der Waals surface area contributed by atoms with Crippen molar-refractivity contribution in [2.24, 2.45) is 0 Å². The Labute approximate surface area is 822 Å². The Morgan fingerprint density at radius 2 is 0.566 bits per heavy atom. The number of hydrogen-bond acceptors (Lipinski definition) is 37. The number of carbonyl (C=O) groups excluding carboxylic acids is 7. The number of hydrogen-bond donors (Lipinski definition) is 6. The van der Waals surface area contributed by atoms with Crippen molar-refractivity contribution in [1.82, 2.24) is 0 Å². The summed E-state index contributed by atoms with van der Waals surface area (Å²) in [5.41, 5.74) is 1.62. The standard InChI is InChI=1S/C38H60O12S5.C30H52O8S5.C22H28O4S.C2H6OS/c1-6-10-44-11-8-17-51-16-7-9-38(43)33-22-34(49-25-36(54-20-14-47-31(4)41)27-52-18-12-45-29(2)39)24-35(23-33)50-26-37(55-21-15-48-32(5)42)28-53-19-13-46-30(3)40;1-2-10-36-11-4-13-39-12-3-5-30(35)25-18-26(37-21-28(42-16-8-33)23-40-14-6-31)20-27(19-25)38-22-29(43-17-9-34)24-41-15-7-32;1-4-10-24-13-8-15-27-14-7-9-22(23)19-16-20(25-11-5-2)18-21(17-19)26-12-6-3;3-1-2-4/h22-24,36-37H,6-21,25-28H2,1-5H3;18-20,28-29,31-34H,2-17,21-24H2,1H3;2-3,16-18H,4,7-15H2,1H3;3-4H,1-2H2. The van der Waals surface area contributed by atoms with E-state index in [4.69, 9.17) is 89.7 Å². The van der Waals surface area contributed by atoms with Crippen LogP contribution in [-0.4, -0.2) is 336 Å². The highest BCUT2D eigenvalue weighted by molar-refractivity contribution is 8.04. The molecule has 0 aromatic heterocycles. The highest BCUT2D eigenvalue weighted by Crippen LogP contribution is 2.32. The third-order valence-corrected chi connectivity index (χ3v) is 29.7. The van der Waals surface area contributed by atoms with Gasteiger partial charge in [0.15, 0.2) is 17.3 Å². The van der Waals surface area contributed by atoms with Gasteiger partial charge < -0.3 is 87.1 Å². The molecule has 0 bridgehead atoms. The fourth-order valence-corrected chi connectivity index (χ4v) is 20.9. The van der Waals surface area contributed by atoms with Crippen LogP contribution in [-0.2, 0) is 52.3 Å². The number of ketones is 3. The molecule has 0 amide bonds. The van der Waals surface area contributed by atoms with Crippen molar-refractivity contribution >= 4 is 183 Å². The number of esters is 4. The van der Waals surface area contributed by atoms with Gasteiger partial charge in [0.2, 0.25) is 0 Å². The van der Waals surface area contributed by atoms with E-state index < -0.39 is 0 Å². The van der Waals surface area contributed by atoms with Crippen LogP contribution in [0.25, 0.3) is 0 Å². The molecule has 0 aliphatic rings. The largest absolute Gasteiger partial charge is 0.492 e. The highest BCUT2D eigenvalue weighted by Gasteiger charge is 2.21. The van der Waals surface area contributed by atoms with Crippen LogP contribution in [0.4, 0.5) is 0 Å². The zero-order valence-electron chi connectivity index (χ0n) is 76.8. The molecule has 0 aliphatic heterocycles. The molecule has 37 heteroatoms. The lowest BCUT2D eigenvalue weighted by Crippen LogP contribution is -2.21. The van der Waals surface area contributed by atoms with E-state index in [2.05, 4.69) is 45.2 Å². The first-order valence-corrected chi connectivity index (χ1v) is 56.7. The van der Waals surface area contributed by atoms with Gasteiger partial charge in [0.05, 0.1) is 33.0 Å². The zero-order valence-corrected chi connectivity index (χ0v) is 86.6. The normalized spacial score (nSPS) is 11.7. The number of Topliss-reactive ketones (excluding diaryl/α,β-unsaturated/α-hetero) is 3. The van der Waals surface area contributed by atoms with Crippen molar-refractivity contribution in [3.63, 3.8) is 0 Å². The Morgan fingerprint density at radius 3 is 0.814 bits per heavy atom. The predicted octanol–water partition coefficient (Wildman–Crippen LogP) is 15.6. The van der Waals surface area contributed by atoms with Crippen LogP contribution in [0.5, 0.6) is 34.5 Å². The minimum absolute atomic E-state index is 0.00356. The van der Waals surface area contributed by atoms with E-state index in [0.29, 0.717) is 173 Å². The predicted molar refractivity (Wildman–Crippen MR) is 550 cm³/mol. The molecule has 3 rings (SSSR count). The number of carbonyl (C=O) groups is 7. The minimum Gasteiger partial charge on any atom is -0.492 e. The molecular formula is C92H146O25S12. The van der Waals surface area contributed by atoms with E-state index in [1.807, 2.05) is 41.4 Å². The lowest BCUT2D eigenvalue weighted by Gasteiger charge is -2.20. The summed E-state index contributed by atoms with van der Waals surface area (Å²) in [5.74, 6) is 21.1. The summed E-state index contributed by atoms with van der Waals surface area (Å²) >= 11 is 22.3. The fraction of sp³-hybridized carbons (Fsp3) is 0.685. The maximum absolute atomic E-state index is 13.5. The molecule has 0 aliphatic carbocycles. The van der Waals surface area contributed by atoms with E-state index in [0.717, 1.165) is 143 Å². The molecule has 0 fully saturated rings. The lowest BCUT2D eigenvalue weighted by atomic mass is 10.1. The Hall–Kier alpha value is -3.65. The second kappa shape index (κ2) is 92.1. The molecule has 5 N–H and O–H groups in total. The van der Waals surface area contributed by atoms with Crippen molar-refractivity contribution in [3.05, 3.63) is 71.3 Å². The van der Waals surface area contributed by atoms with Gasteiger partial charge >= 0.3 is 23.9 Å². The van der Waals surface area contributed by atoms with Crippen molar-refractivity contribution in [2.45, 2.75) is 147 Å². The maximum atomic E-state index is 13.5. The Morgan fingerprint density at radius 1 is 0.318 bits per heavy atom. The number of rotatable bonds is 82. The van der Waals surface area contributed by atoms with Gasteiger partial charge in [-0.05, 0) is 129 Å². The number of aliphatic hydroxyl groups excluding tert-OH is 5. The number of thioether (sulfide) groups is 11. The first-order valence-electron chi connectivity index (χ1n) is 43.8. The number of terminal acetylenes is 2. The average molecular weight is 2040 g/mol. The summed E-state index contributed by atoms with van der Waals surface area (Å²) in [6.45, 7) is 20.1. The zero-order chi connectivity index (χ0) is 95.1. The molecule has 0 saturated carbocycles. The van der Waals surface area contributed by atoms with Gasteiger partial charge in [0.25, 0.3) is 0 Å². The third kappa shape index (κ3) is 78.1. The van der Waals surface area contributed by atoms with Gasteiger partial charge in [0.1, 0.15) is 101 Å². The van der Waals surface area contributed by atoms with Gasteiger partial charge in [-0.2, -0.15) is 142 Å². The molecule has 3 aromatic carbocycles. The van der Waals surface area contributed by atoms with Crippen LogP contribution in [0.2, 0.25) is 0 Å². The number of ether oxygens (including phenoxy) is 13. The number of aliphatic hydroxyl groups is 5. The van der Waals surface area contributed by atoms with Crippen LogP contribution >= 0.6 is 142 Å². The Balaban J connectivity index is 0.00000196. The van der Waals surface area contributed by atoms with E-state index in [1.54, 1.807) is 143 Å². The third-order valence-electron chi connectivity index (χ3n) is 16.1. The number of benzene rings is 3. The lowest BCUT2D eigenvalue weighted by molar-refractivity contribution is -0.141. The summed E-state index contributed by atoms with van der Waals surface area (Å²) in [5, 5.41) is 45.0. The Kier molecular flexibility index (Phi) is 89.5. The first-order chi connectivity index (χ1) is 62.7. The molecule has 0 heterocycles. The maximum Gasteiger partial charge on any atom is 0.302 e. The van der Waals surface area contributed by atoms with E-state index in [9.17, 15) is 43.8 Å². The quantitative estimate of drug-likeness (QED) is 0.00763. The van der Waals surface area contributed by atoms with Gasteiger partial charge in [-0.1, -0.05) is 32.6 Å². The Bertz CT molecular complexity index is 3240. The molecule has 0 saturated heterocycles. The molecule has 0 radical (unpaired) electrons. The van der Waals surface area contributed by atoms with Gasteiger partial charge in [-0.15, -0.1) is 12.8 Å². The smallest absolute Gasteiger partial charge is 0.302 e. The van der Waals surface area contributed by atoms with Crippen molar-refractivity contribution < 1.29 is 121 Å². The molecular weight excluding hydrogens is 1890 g/mol. The van der Waals surface area contributed by atoms with Crippen molar-refractivity contribution in [2.75, 3.05) is 248 Å².